The Morgan fingerprint density at radius 3 is 3.00 bits per heavy atom. The van der Waals surface area contributed by atoms with Crippen LogP contribution in [0, 0.1) is 6.92 Å². The molecule has 1 amide bonds. The van der Waals surface area contributed by atoms with E-state index in [1.807, 2.05) is 13.1 Å². The maximum Gasteiger partial charge on any atom is 0.220 e. The van der Waals surface area contributed by atoms with Gasteiger partial charge >= 0.3 is 0 Å². The molecule has 96 valence electrons. The zero-order valence-corrected chi connectivity index (χ0v) is 10.5. The number of nitrogens with one attached hydrogen (secondary N) is 2. The zero-order valence-electron chi connectivity index (χ0n) is 10.5. The Kier molecular flexibility index (Phi) is 5.69. The van der Waals surface area contributed by atoms with Gasteiger partial charge in [-0.05, 0) is 38.7 Å². The number of hydrogen-bond acceptors (Lipinski definition) is 3. The third kappa shape index (κ3) is 5.49. The molecule has 0 aliphatic heterocycles. The average Bonchev–Trinajstić information content (AvgIpc) is 2.68. The van der Waals surface area contributed by atoms with Crippen LogP contribution in [0.15, 0.2) is 6.20 Å². The second kappa shape index (κ2) is 7.06. The Labute approximate surface area is 102 Å². The number of amides is 1. The van der Waals surface area contributed by atoms with Crippen molar-refractivity contribution in [3.8, 4) is 0 Å². The van der Waals surface area contributed by atoms with Crippen molar-refractivity contribution >= 4 is 5.91 Å². The third-order valence-electron chi connectivity index (χ3n) is 2.67. The van der Waals surface area contributed by atoms with Crippen molar-refractivity contribution in [1.82, 2.24) is 15.5 Å². The zero-order chi connectivity index (χ0) is 12.7. The summed E-state index contributed by atoms with van der Waals surface area (Å²) in [6.07, 6.45) is 4.15. The van der Waals surface area contributed by atoms with E-state index in [1.165, 1.54) is 5.56 Å². The van der Waals surface area contributed by atoms with E-state index in [-0.39, 0.29) is 5.91 Å². The number of H-pyrrole nitrogens is 1. The van der Waals surface area contributed by atoms with E-state index < -0.39 is 6.10 Å². The quantitative estimate of drug-likeness (QED) is 0.619. The lowest BCUT2D eigenvalue weighted by Gasteiger charge is -2.06. The van der Waals surface area contributed by atoms with Crippen LogP contribution >= 0.6 is 0 Å². The van der Waals surface area contributed by atoms with Gasteiger partial charge in [0.1, 0.15) is 0 Å². The second-order valence-corrected chi connectivity index (χ2v) is 4.36. The number of carbonyl (C=O) groups excluding carboxylic acids is 1. The summed E-state index contributed by atoms with van der Waals surface area (Å²) in [4.78, 5) is 11.3. The molecule has 0 aliphatic carbocycles. The van der Waals surface area contributed by atoms with Crippen molar-refractivity contribution in [3.63, 3.8) is 0 Å². The number of hydrogen-bond donors (Lipinski definition) is 3. The van der Waals surface area contributed by atoms with E-state index in [1.54, 1.807) is 6.92 Å². The van der Waals surface area contributed by atoms with Gasteiger partial charge in [-0.15, -0.1) is 0 Å². The average molecular weight is 239 g/mol. The molecule has 5 heteroatoms. The number of aryl methyl sites for hydroxylation is 2. The minimum absolute atomic E-state index is 0.00909. The monoisotopic (exact) mass is 239 g/mol. The van der Waals surface area contributed by atoms with E-state index in [4.69, 9.17) is 5.11 Å². The lowest BCUT2D eigenvalue weighted by Crippen LogP contribution is -2.25. The van der Waals surface area contributed by atoms with Gasteiger partial charge in [-0.1, -0.05) is 0 Å². The van der Waals surface area contributed by atoms with Crippen molar-refractivity contribution in [1.29, 1.82) is 0 Å². The molecule has 0 spiro atoms. The van der Waals surface area contributed by atoms with Gasteiger partial charge in [-0.25, -0.2) is 0 Å². The summed E-state index contributed by atoms with van der Waals surface area (Å²) in [7, 11) is 0. The fourth-order valence-electron chi connectivity index (χ4n) is 1.56. The van der Waals surface area contributed by atoms with Crippen LogP contribution in [0.1, 0.15) is 37.4 Å². The predicted octanol–water partition coefficient (Wildman–Crippen LogP) is 0.928. The number of aromatic amines is 1. The molecule has 0 saturated heterocycles. The number of aliphatic hydroxyl groups excluding tert-OH is 1. The SMILES string of the molecule is Cc1[nH]ncc1CCCNC(=O)CCC(C)O. The fraction of sp³-hybridized carbons (Fsp3) is 0.667. The summed E-state index contributed by atoms with van der Waals surface area (Å²) in [5.74, 6) is 0.00909. The fourth-order valence-corrected chi connectivity index (χ4v) is 1.56. The first-order valence-corrected chi connectivity index (χ1v) is 6.03. The molecule has 0 aromatic carbocycles. The number of aliphatic hydroxyl groups is 1. The van der Waals surface area contributed by atoms with Crippen LogP contribution in [0.5, 0.6) is 0 Å². The molecule has 1 aromatic heterocycles. The van der Waals surface area contributed by atoms with E-state index in [2.05, 4.69) is 15.5 Å². The summed E-state index contributed by atoms with van der Waals surface area (Å²) in [6, 6.07) is 0. The molecule has 0 bridgehead atoms. The normalized spacial score (nSPS) is 12.4. The molecule has 1 heterocycles. The highest BCUT2D eigenvalue weighted by molar-refractivity contribution is 5.75. The minimum Gasteiger partial charge on any atom is -0.393 e. The van der Waals surface area contributed by atoms with Gasteiger partial charge in [-0.2, -0.15) is 5.10 Å². The van der Waals surface area contributed by atoms with Crippen LogP contribution in [0.25, 0.3) is 0 Å². The van der Waals surface area contributed by atoms with Crippen molar-refractivity contribution < 1.29 is 9.90 Å². The molecule has 1 atom stereocenters. The van der Waals surface area contributed by atoms with Gasteiger partial charge in [0.2, 0.25) is 5.91 Å². The summed E-state index contributed by atoms with van der Waals surface area (Å²) < 4.78 is 0. The van der Waals surface area contributed by atoms with Gasteiger partial charge in [0, 0.05) is 18.7 Å². The van der Waals surface area contributed by atoms with Crippen LogP contribution in [-0.2, 0) is 11.2 Å². The molecule has 1 aromatic rings. The number of aromatic nitrogens is 2. The first kappa shape index (κ1) is 13.7. The van der Waals surface area contributed by atoms with E-state index >= 15 is 0 Å². The molecule has 3 N–H and O–H groups in total. The second-order valence-electron chi connectivity index (χ2n) is 4.36. The summed E-state index contributed by atoms with van der Waals surface area (Å²) in [5, 5.41) is 18.7. The lowest BCUT2D eigenvalue weighted by molar-refractivity contribution is -0.121. The Bertz CT molecular complexity index is 347. The van der Waals surface area contributed by atoms with E-state index in [0.29, 0.717) is 19.4 Å². The summed E-state index contributed by atoms with van der Waals surface area (Å²) in [5.41, 5.74) is 2.29. The molecule has 5 nitrogen and oxygen atoms in total. The van der Waals surface area contributed by atoms with Crippen LogP contribution in [0.2, 0.25) is 0 Å². The first-order valence-electron chi connectivity index (χ1n) is 6.03. The third-order valence-corrected chi connectivity index (χ3v) is 2.67. The van der Waals surface area contributed by atoms with Gasteiger partial charge in [0.25, 0.3) is 0 Å². The molecule has 0 fully saturated rings. The van der Waals surface area contributed by atoms with E-state index in [9.17, 15) is 4.79 Å². The van der Waals surface area contributed by atoms with Crippen molar-refractivity contribution in [2.24, 2.45) is 0 Å². The van der Waals surface area contributed by atoms with Crippen LogP contribution in [0.3, 0.4) is 0 Å². The van der Waals surface area contributed by atoms with Crippen LogP contribution in [-0.4, -0.2) is 33.9 Å². The highest BCUT2D eigenvalue weighted by Gasteiger charge is 2.04. The van der Waals surface area contributed by atoms with E-state index in [0.717, 1.165) is 18.5 Å². The highest BCUT2D eigenvalue weighted by atomic mass is 16.3. The van der Waals surface area contributed by atoms with Gasteiger partial charge in [-0.3, -0.25) is 9.89 Å². The van der Waals surface area contributed by atoms with Gasteiger partial charge in [0.15, 0.2) is 0 Å². The smallest absolute Gasteiger partial charge is 0.220 e. The number of nitrogens with zero attached hydrogens (tertiary/aromatic N) is 1. The molecule has 0 radical (unpaired) electrons. The van der Waals surface area contributed by atoms with Crippen LogP contribution < -0.4 is 5.32 Å². The maximum atomic E-state index is 11.3. The minimum atomic E-state index is -0.408. The van der Waals surface area contributed by atoms with Crippen LogP contribution in [0.4, 0.5) is 0 Å². The Morgan fingerprint density at radius 1 is 1.65 bits per heavy atom. The predicted molar refractivity (Wildman–Crippen MR) is 65.6 cm³/mol. The van der Waals surface area contributed by atoms with Crippen molar-refractivity contribution in [2.75, 3.05) is 6.54 Å². The van der Waals surface area contributed by atoms with Gasteiger partial charge < -0.3 is 10.4 Å². The Hall–Kier alpha value is -1.36. The Balaban J connectivity index is 2.08. The van der Waals surface area contributed by atoms with Gasteiger partial charge in [0.05, 0.1) is 12.3 Å². The molecule has 17 heavy (non-hydrogen) atoms. The largest absolute Gasteiger partial charge is 0.393 e. The first-order chi connectivity index (χ1) is 8.09. The molecule has 0 saturated carbocycles. The Morgan fingerprint density at radius 2 is 2.41 bits per heavy atom. The maximum absolute atomic E-state index is 11.3. The highest BCUT2D eigenvalue weighted by Crippen LogP contribution is 2.05. The summed E-state index contributed by atoms with van der Waals surface area (Å²) in [6.45, 7) is 4.35. The summed E-state index contributed by atoms with van der Waals surface area (Å²) >= 11 is 0. The molecular weight excluding hydrogens is 218 g/mol. The standard InChI is InChI=1S/C12H21N3O2/c1-9(16)5-6-12(17)13-7-3-4-11-8-14-15-10(11)2/h8-9,16H,3-7H2,1-2H3,(H,13,17)(H,14,15). The topological polar surface area (TPSA) is 78.0 Å². The number of rotatable bonds is 7. The van der Waals surface area contributed by atoms with Crippen molar-refractivity contribution in [2.45, 2.75) is 45.6 Å². The lowest BCUT2D eigenvalue weighted by atomic mass is 10.1. The number of carbonyl (C=O) groups is 1. The molecule has 1 unspecified atom stereocenters. The van der Waals surface area contributed by atoms with Crippen molar-refractivity contribution in [3.05, 3.63) is 17.5 Å². The molecule has 0 aliphatic rings. The molecule has 1 rings (SSSR count). The molecular formula is C12H21N3O2.